The van der Waals surface area contributed by atoms with E-state index in [4.69, 9.17) is 0 Å². The summed E-state index contributed by atoms with van der Waals surface area (Å²) in [7, 11) is 0. The maximum Gasteiger partial charge on any atom is 0.333 e. The monoisotopic (exact) mass is 871 g/mol. The van der Waals surface area contributed by atoms with Gasteiger partial charge in [-0.3, -0.25) is 0 Å². The van der Waals surface area contributed by atoms with Gasteiger partial charge in [0.05, 0.1) is 0 Å². The van der Waals surface area contributed by atoms with Crippen LogP contribution in [0.3, 0.4) is 0 Å². The molecular weight excluding hydrogens is 804 g/mol. The number of aryl methyl sites for hydroxylation is 1. The topological polar surface area (TPSA) is 6.48 Å². The molecule has 12 rings (SSSR count). The van der Waals surface area contributed by atoms with Crippen LogP contribution >= 0.6 is 11.3 Å². The second-order valence-corrected chi connectivity index (χ2v) is 26.1. The van der Waals surface area contributed by atoms with Crippen LogP contribution in [0.5, 0.6) is 0 Å². The van der Waals surface area contributed by atoms with E-state index in [1.807, 2.05) is 11.3 Å². The van der Waals surface area contributed by atoms with Gasteiger partial charge in [0.25, 0.3) is 0 Å². The first-order chi connectivity index (χ1) is 30.6. The summed E-state index contributed by atoms with van der Waals surface area (Å²) in [6.07, 6.45) is 7.17. The van der Waals surface area contributed by atoms with Gasteiger partial charge in [-0.15, -0.1) is 11.3 Å². The van der Waals surface area contributed by atoms with Gasteiger partial charge in [-0.05, 0) is 182 Å². The SMILES string of the molecule is Cc1cc2c3c(c1)N(c1ccc4c(c1)C(C)(C)CCC4(C)C)c1cc4c(cc1B3N(c1ccc3c(c1)C(C)(C)CCC3(C)C)c1ccc3c(sc5ccccc53)c1-2)C(C)(C)CCC4(C)C. The van der Waals surface area contributed by atoms with Gasteiger partial charge in [0.1, 0.15) is 0 Å². The number of anilines is 5. The molecule has 4 heteroatoms. The summed E-state index contributed by atoms with van der Waals surface area (Å²) in [4.78, 5) is 5.53. The van der Waals surface area contributed by atoms with Gasteiger partial charge in [0, 0.05) is 54.2 Å². The van der Waals surface area contributed by atoms with E-state index in [0.717, 1.165) is 0 Å². The minimum Gasteiger partial charge on any atom is -0.376 e. The third kappa shape index (κ3) is 5.84. The van der Waals surface area contributed by atoms with E-state index in [0.29, 0.717) is 0 Å². The van der Waals surface area contributed by atoms with Crippen molar-refractivity contribution in [1.29, 1.82) is 0 Å². The molecule has 0 radical (unpaired) electrons. The first kappa shape index (κ1) is 41.6. The van der Waals surface area contributed by atoms with Crippen molar-refractivity contribution in [3.05, 3.63) is 136 Å². The normalized spacial score (nSPS) is 21.0. The molecule has 5 aliphatic rings. The molecule has 0 unspecified atom stereocenters. The van der Waals surface area contributed by atoms with Crippen LogP contribution in [0.2, 0.25) is 0 Å². The second-order valence-electron chi connectivity index (χ2n) is 25.0. The molecule has 0 N–H and O–H groups in total. The molecule has 3 heterocycles. The minimum atomic E-state index is -0.0249. The molecule has 0 bridgehead atoms. The van der Waals surface area contributed by atoms with E-state index in [1.54, 1.807) is 0 Å². The van der Waals surface area contributed by atoms with Crippen molar-refractivity contribution in [2.75, 3.05) is 9.71 Å². The Morgan fingerprint density at radius 1 is 0.462 bits per heavy atom. The first-order valence-corrected chi connectivity index (χ1v) is 25.6. The van der Waals surface area contributed by atoms with E-state index >= 15 is 0 Å². The van der Waals surface area contributed by atoms with Crippen molar-refractivity contribution in [3.8, 4) is 11.1 Å². The van der Waals surface area contributed by atoms with Crippen LogP contribution in [-0.4, -0.2) is 6.85 Å². The second kappa shape index (κ2) is 13.2. The van der Waals surface area contributed by atoms with Crippen LogP contribution in [-0.2, 0) is 32.5 Å². The van der Waals surface area contributed by atoms with Gasteiger partial charge in [0.15, 0.2) is 0 Å². The zero-order valence-corrected chi connectivity index (χ0v) is 42.2. The van der Waals surface area contributed by atoms with Gasteiger partial charge in [-0.1, -0.05) is 132 Å². The van der Waals surface area contributed by atoms with Crippen LogP contribution in [0.1, 0.15) is 161 Å². The van der Waals surface area contributed by atoms with Crippen LogP contribution < -0.4 is 20.6 Å². The highest BCUT2D eigenvalue weighted by Gasteiger charge is 2.49. The predicted molar refractivity (Wildman–Crippen MR) is 284 cm³/mol. The van der Waals surface area contributed by atoms with E-state index in [-0.39, 0.29) is 39.3 Å². The lowest BCUT2D eigenvalue weighted by Gasteiger charge is -2.49. The molecule has 0 atom stereocenters. The fraction of sp³-hybridized carbons (Fsp3) is 0.410. The van der Waals surface area contributed by atoms with E-state index in [9.17, 15) is 0 Å². The largest absolute Gasteiger partial charge is 0.376 e. The Morgan fingerprint density at radius 2 is 0.985 bits per heavy atom. The van der Waals surface area contributed by atoms with E-state index in [2.05, 4.69) is 197 Å². The maximum atomic E-state index is 2.81. The third-order valence-electron chi connectivity index (χ3n) is 17.9. The highest BCUT2D eigenvalue weighted by molar-refractivity contribution is 7.26. The Bertz CT molecular complexity index is 3210. The maximum absolute atomic E-state index is 2.81. The number of thiophene rings is 1. The quantitative estimate of drug-likeness (QED) is 0.160. The first-order valence-electron chi connectivity index (χ1n) is 24.8. The Morgan fingerprint density at radius 3 is 1.60 bits per heavy atom. The Hall–Kier alpha value is -4.80. The van der Waals surface area contributed by atoms with Gasteiger partial charge in [-0.25, -0.2) is 0 Å². The van der Waals surface area contributed by atoms with Crippen LogP contribution in [0.15, 0.2) is 97.1 Å². The van der Waals surface area contributed by atoms with Crippen LogP contribution in [0.25, 0.3) is 31.3 Å². The molecule has 65 heavy (non-hydrogen) atoms. The molecule has 0 saturated carbocycles. The Kier molecular flexibility index (Phi) is 8.46. The van der Waals surface area contributed by atoms with Crippen molar-refractivity contribution >= 4 is 77.7 Å². The number of hydrogen-bond donors (Lipinski definition) is 0. The summed E-state index contributed by atoms with van der Waals surface area (Å²) in [6, 6.07) is 39.7. The van der Waals surface area contributed by atoms with E-state index in [1.165, 1.54) is 148 Å². The third-order valence-corrected chi connectivity index (χ3v) is 19.1. The zero-order chi connectivity index (χ0) is 45.5. The average Bonchev–Trinajstić information content (AvgIpc) is 3.64. The van der Waals surface area contributed by atoms with Crippen LogP contribution in [0, 0.1) is 6.92 Å². The summed E-state index contributed by atoms with van der Waals surface area (Å²) in [5, 5.41) is 2.71. The molecule has 0 amide bonds. The number of hydrogen-bond acceptors (Lipinski definition) is 3. The van der Waals surface area contributed by atoms with Gasteiger partial charge in [0.2, 0.25) is 0 Å². The summed E-state index contributed by atoms with van der Waals surface area (Å²) < 4.78 is 2.75. The molecule has 2 nitrogen and oxygen atoms in total. The smallest absolute Gasteiger partial charge is 0.333 e. The summed E-state index contributed by atoms with van der Waals surface area (Å²) in [6.45, 7) is 32.1. The minimum absolute atomic E-state index is 0.0249. The van der Waals surface area contributed by atoms with Crippen LogP contribution in [0.4, 0.5) is 28.4 Å². The van der Waals surface area contributed by atoms with Gasteiger partial charge in [-0.2, -0.15) is 0 Å². The van der Waals surface area contributed by atoms with Gasteiger partial charge >= 0.3 is 6.85 Å². The lowest BCUT2D eigenvalue weighted by molar-refractivity contribution is 0.332. The number of rotatable bonds is 2. The lowest BCUT2D eigenvalue weighted by Crippen LogP contribution is -2.62. The molecule has 7 aromatic rings. The van der Waals surface area contributed by atoms with E-state index < -0.39 is 0 Å². The average molecular weight is 871 g/mol. The molecular formula is C61H67BN2S. The van der Waals surface area contributed by atoms with Gasteiger partial charge < -0.3 is 9.71 Å². The summed E-state index contributed by atoms with van der Waals surface area (Å²) in [5.74, 6) is 0. The predicted octanol–water partition coefficient (Wildman–Crippen LogP) is 16.1. The fourth-order valence-electron chi connectivity index (χ4n) is 13.4. The molecule has 1 aromatic heterocycles. The van der Waals surface area contributed by atoms with Crippen molar-refractivity contribution < 1.29 is 0 Å². The molecule has 3 aliphatic carbocycles. The molecule has 2 aliphatic heterocycles. The molecule has 6 aromatic carbocycles. The van der Waals surface area contributed by atoms with Crippen molar-refractivity contribution in [1.82, 2.24) is 0 Å². The summed E-state index contributed by atoms with van der Waals surface area (Å²) in [5.41, 5.74) is 23.2. The molecule has 0 saturated heterocycles. The Balaban J connectivity index is 1.22. The number of benzene rings is 6. The highest BCUT2D eigenvalue weighted by Crippen LogP contribution is 2.56. The molecule has 0 fully saturated rings. The fourth-order valence-corrected chi connectivity index (χ4v) is 14.7. The number of nitrogens with zero attached hydrogens (tertiary/aromatic N) is 2. The zero-order valence-electron chi connectivity index (χ0n) is 41.4. The van der Waals surface area contributed by atoms with Crippen molar-refractivity contribution in [2.24, 2.45) is 0 Å². The Labute approximate surface area is 393 Å². The van der Waals surface area contributed by atoms with Crippen molar-refractivity contribution in [2.45, 2.75) is 161 Å². The highest BCUT2D eigenvalue weighted by atomic mass is 32.1. The standard InChI is InChI=1S/C61H67BN2S/c1-36-30-41-53-49(23-20-40-39-16-14-15-17-52(39)65-55(40)53)64(38-19-22-43-45(33-38)59(8,9)27-25-57(43,4)5)62-48-34-46-47(61(12,13)29-28-60(46,10)11)35-50(48)63(51(31-36)54(41)62)37-18-21-42-44(32-37)58(6,7)26-24-56(42,2)3/h14-23,30-35H,24-29H2,1-13H3. The summed E-state index contributed by atoms with van der Waals surface area (Å²) >= 11 is 1.97. The number of fused-ring (bicyclic) bond motifs is 11. The molecule has 330 valence electrons. The lowest BCUT2D eigenvalue weighted by atomic mass is 9.42. The van der Waals surface area contributed by atoms with Crippen molar-refractivity contribution in [3.63, 3.8) is 0 Å². The molecule has 0 spiro atoms.